The van der Waals surface area contributed by atoms with Crippen LogP contribution in [0.3, 0.4) is 0 Å². The molecule has 2 aromatic heterocycles. The minimum absolute atomic E-state index is 0.0114. The first kappa shape index (κ1) is 27.9. The number of nitrogens with zero attached hydrogens (tertiary/aromatic N) is 2. The van der Waals surface area contributed by atoms with Gasteiger partial charge < -0.3 is 14.8 Å². The summed E-state index contributed by atoms with van der Waals surface area (Å²) in [5.74, 6) is -3.60. The largest absolute Gasteiger partial charge is 0.494 e. The first-order chi connectivity index (χ1) is 18.7. The van der Waals surface area contributed by atoms with Gasteiger partial charge in [0, 0.05) is 41.9 Å². The summed E-state index contributed by atoms with van der Waals surface area (Å²) in [5, 5.41) is 9.05. The normalized spacial score (nSPS) is 11.9. The van der Waals surface area contributed by atoms with Crippen LogP contribution in [0, 0.1) is 11.6 Å². The number of ketones is 1. The molecule has 0 aliphatic carbocycles. The number of carbonyl (C=O) groups is 2. The Morgan fingerprint density at radius 1 is 1.13 bits per heavy atom. The lowest BCUT2D eigenvalue weighted by molar-refractivity contribution is -0.137. The third-order valence-electron chi connectivity index (χ3n) is 5.95. The fourth-order valence-electron chi connectivity index (χ4n) is 4.07. The molecule has 0 saturated carbocycles. The second-order valence-corrected chi connectivity index (χ2v) is 9.51. The van der Waals surface area contributed by atoms with Crippen molar-refractivity contribution in [2.45, 2.75) is 26.2 Å². The Bertz CT molecular complexity index is 1540. The molecule has 0 saturated heterocycles. The van der Waals surface area contributed by atoms with E-state index in [4.69, 9.17) is 9.84 Å². The molecule has 1 atom stereocenters. The molecule has 1 unspecified atom stereocenters. The van der Waals surface area contributed by atoms with Gasteiger partial charge >= 0.3 is 5.97 Å². The first-order valence-corrected chi connectivity index (χ1v) is 13.1. The van der Waals surface area contributed by atoms with E-state index in [1.807, 2.05) is 0 Å². The minimum Gasteiger partial charge on any atom is -0.494 e. The molecule has 2 aromatic carbocycles. The van der Waals surface area contributed by atoms with Crippen LogP contribution in [0.5, 0.6) is 5.75 Å². The number of aliphatic carboxylic acids is 1. The first-order valence-electron chi connectivity index (χ1n) is 12.0. The number of aromatic nitrogens is 2. The zero-order valence-electron chi connectivity index (χ0n) is 20.8. The van der Waals surface area contributed by atoms with Gasteiger partial charge in [0.25, 0.3) is 11.3 Å². The Morgan fingerprint density at radius 3 is 2.54 bits per heavy atom. The summed E-state index contributed by atoms with van der Waals surface area (Å²) < 4.78 is 57.9. The molecule has 0 aliphatic rings. The molecule has 0 bridgehead atoms. The molecular weight excluding hydrogens is 532 g/mol. The van der Waals surface area contributed by atoms with Crippen LogP contribution >= 0.6 is 0 Å². The number of anilines is 1. The zero-order chi connectivity index (χ0) is 28.1. The molecule has 204 valence electrons. The van der Waals surface area contributed by atoms with Gasteiger partial charge in [0.05, 0.1) is 17.9 Å². The maximum absolute atomic E-state index is 15.4. The van der Waals surface area contributed by atoms with Crippen LogP contribution in [0.25, 0.3) is 22.2 Å². The van der Waals surface area contributed by atoms with E-state index >= 15 is 4.39 Å². The van der Waals surface area contributed by atoms with Crippen LogP contribution < -0.4 is 9.04 Å². The average molecular weight is 558 g/mol. The van der Waals surface area contributed by atoms with Crippen molar-refractivity contribution in [1.82, 2.24) is 9.97 Å². The van der Waals surface area contributed by atoms with Crippen molar-refractivity contribution < 1.29 is 37.0 Å². The quantitative estimate of drug-likeness (QED) is 0.122. The van der Waals surface area contributed by atoms with Crippen molar-refractivity contribution in [3.63, 3.8) is 0 Å². The molecule has 39 heavy (non-hydrogen) atoms. The summed E-state index contributed by atoms with van der Waals surface area (Å²) >= 11 is -2.57. The standard InChI is InChI=1S/C27H25F2N3O6S/c1-2-11-32(39(36)37)22-10-9-21(28)24(25(22)29)26(35)20-15-31-27-19(20)13-17(14-30-27)16-5-7-18(8-6-16)38-12-3-4-23(33)34/h5-10,13-15H,2-4,11-12H2,1H3,(H,30,31)(H,33,34)(H,36,37). The number of ether oxygens (including phenoxy) is 1. The number of pyridine rings is 1. The van der Waals surface area contributed by atoms with E-state index in [-0.39, 0.29) is 30.8 Å². The molecule has 0 amide bonds. The number of carbonyl (C=O) groups excluding carboxylic acids is 1. The van der Waals surface area contributed by atoms with Crippen LogP contribution in [0.1, 0.15) is 42.1 Å². The highest BCUT2D eigenvalue weighted by atomic mass is 32.2. The van der Waals surface area contributed by atoms with Gasteiger partial charge in [-0.25, -0.2) is 18.0 Å². The van der Waals surface area contributed by atoms with Gasteiger partial charge in [-0.15, -0.1) is 0 Å². The Hall–Kier alpha value is -4.16. The summed E-state index contributed by atoms with van der Waals surface area (Å²) in [6, 6.07) is 10.6. The Morgan fingerprint density at radius 2 is 1.87 bits per heavy atom. The summed E-state index contributed by atoms with van der Waals surface area (Å²) in [6.45, 7) is 2.01. The SMILES string of the molecule is CCCN(c1ccc(F)c(C(=O)c2c[nH]c3ncc(-c4ccc(OCCCC(=O)O)cc4)cc23)c1F)S(=O)O. The van der Waals surface area contributed by atoms with Gasteiger partial charge in [-0.05, 0) is 48.7 Å². The lowest BCUT2D eigenvalue weighted by Crippen LogP contribution is -2.27. The number of carboxylic acids is 1. The van der Waals surface area contributed by atoms with E-state index < -0.39 is 40.2 Å². The third-order valence-corrected chi connectivity index (χ3v) is 6.71. The molecule has 4 aromatic rings. The molecule has 0 fully saturated rings. The van der Waals surface area contributed by atoms with Gasteiger partial charge in [0.2, 0.25) is 5.78 Å². The Kier molecular flexibility index (Phi) is 8.67. The van der Waals surface area contributed by atoms with Crippen molar-refractivity contribution in [2.24, 2.45) is 0 Å². The van der Waals surface area contributed by atoms with Gasteiger partial charge in [-0.1, -0.05) is 19.1 Å². The molecule has 12 heteroatoms. The third kappa shape index (κ3) is 6.13. The van der Waals surface area contributed by atoms with Crippen LogP contribution in [-0.4, -0.2) is 48.7 Å². The van der Waals surface area contributed by atoms with Crippen LogP contribution in [0.2, 0.25) is 0 Å². The number of aromatic amines is 1. The van der Waals surface area contributed by atoms with Gasteiger partial charge in [0.1, 0.15) is 17.2 Å². The number of H-pyrrole nitrogens is 1. The lowest BCUT2D eigenvalue weighted by Gasteiger charge is -2.20. The number of nitrogens with one attached hydrogen (secondary N) is 1. The zero-order valence-corrected chi connectivity index (χ0v) is 21.6. The molecule has 9 nitrogen and oxygen atoms in total. The van der Waals surface area contributed by atoms with E-state index in [1.54, 1.807) is 43.5 Å². The minimum atomic E-state index is -2.57. The maximum Gasteiger partial charge on any atom is 0.303 e. The number of hydrogen-bond acceptors (Lipinski definition) is 5. The van der Waals surface area contributed by atoms with Crippen molar-refractivity contribution in [3.05, 3.63) is 77.6 Å². The number of hydrogen-bond donors (Lipinski definition) is 3. The topological polar surface area (TPSA) is 133 Å². The fraction of sp³-hybridized carbons (Fsp3) is 0.222. The molecule has 0 spiro atoms. The number of fused-ring (bicyclic) bond motifs is 1. The molecule has 2 heterocycles. The smallest absolute Gasteiger partial charge is 0.303 e. The number of benzene rings is 2. The maximum atomic E-state index is 15.4. The second kappa shape index (κ2) is 12.1. The summed E-state index contributed by atoms with van der Waals surface area (Å²) in [6.07, 6.45) is 3.70. The summed E-state index contributed by atoms with van der Waals surface area (Å²) in [4.78, 5) is 31.2. The van der Waals surface area contributed by atoms with E-state index in [0.29, 0.717) is 35.2 Å². The highest BCUT2D eigenvalue weighted by Crippen LogP contribution is 2.31. The number of halogens is 2. The van der Waals surface area contributed by atoms with Gasteiger partial charge in [0.15, 0.2) is 5.82 Å². The van der Waals surface area contributed by atoms with Gasteiger partial charge in [-0.3, -0.25) is 18.4 Å². The van der Waals surface area contributed by atoms with E-state index in [2.05, 4.69) is 9.97 Å². The highest BCUT2D eigenvalue weighted by Gasteiger charge is 2.27. The van der Waals surface area contributed by atoms with E-state index in [1.165, 1.54) is 6.20 Å². The molecule has 0 aliphatic heterocycles. The molecule has 4 rings (SSSR count). The summed E-state index contributed by atoms with van der Waals surface area (Å²) in [5.41, 5.74) is 0.498. The fourth-order valence-corrected chi connectivity index (χ4v) is 4.72. The van der Waals surface area contributed by atoms with Gasteiger partial charge in [-0.2, -0.15) is 0 Å². The highest BCUT2D eigenvalue weighted by molar-refractivity contribution is 7.80. The van der Waals surface area contributed by atoms with E-state index in [0.717, 1.165) is 22.0 Å². The van der Waals surface area contributed by atoms with Crippen molar-refractivity contribution >= 4 is 39.7 Å². The molecule has 3 N–H and O–H groups in total. The predicted octanol–water partition coefficient (Wildman–Crippen LogP) is 5.34. The molecular formula is C27H25F2N3O6S. The lowest BCUT2D eigenvalue weighted by atomic mass is 9.99. The Balaban J connectivity index is 1.64. The second-order valence-electron chi connectivity index (χ2n) is 8.61. The van der Waals surface area contributed by atoms with Crippen molar-refractivity contribution in [2.75, 3.05) is 17.5 Å². The predicted molar refractivity (Wildman–Crippen MR) is 142 cm³/mol. The number of rotatable bonds is 12. The van der Waals surface area contributed by atoms with Crippen molar-refractivity contribution in [1.29, 1.82) is 0 Å². The average Bonchev–Trinajstić information content (AvgIpc) is 3.34. The number of carboxylic acid groups (broad SMARTS) is 1. The van der Waals surface area contributed by atoms with Crippen LogP contribution in [0.4, 0.5) is 14.5 Å². The van der Waals surface area contributed by atoms with Crippen molar-refractivity contribution in [3.8, 4) is 16.9 Å². The van der Waals surface area contributed by atoms with Crippen LogP contribution in [-0.2, 0) is 16.1 Å². The van der Waals surface area contributed by atoms with E-state index in [9.17, 15) is 22.7 Å². The molecule has 0 radical (unpaired) electrons. The Labute approximate surface area is 224 Å². The monoisotopic (exact) mass is 557 g/mol. The van der Waals surface area contributed by atoms with Crippen LogP contribution in [0.15, 0.2) is 54.9 Å². The summed E-state index contributed by atoms with van der Waals surface area (Å²) in [7, 11) is 0.